The first kappa shape index (κ1) is 47.9. The summed E-state index contributed by atoms with van der Waals surface area (Å²) in [5.74, 6) is 0.829. The van der Waals surface area contributed by atoms with Crippen molar-refractivity contribution in [3.63, 3.8) is 0 Å². The molecule has 0 aromatic carbocycles. The third kappa shape index (κ3) is 31.3. The summed E-state index contributed by atoms with van der Waals surface area (Å²) >= 11 is 0. The Morgan fingerprint density at radius 3 is 1.63 bits per heavy atom. The minimum atomic E-state index is -0.399. The molecule has 49 heavy (non-hydrogen) atoms. The van der Waals surface area contributed by atoms with E-state index in [0.717, 1.165) is 89.8 Å². The van der Waals surface area contributed by atoms with Crippen molar-refractivity contribution in [1.82, 2.24) is 4.90 Å². The van der Waals surface area contributed by atoms with E-state index in [4.69, 9.17) is 9.47 Å². The van der Waals surface area contributed by atoms with Gasteiger partial charge in [-0.05, 0) is 90.8 Å². The van der Waals surface area contributed by atoms with Gasteiger partial charge in [0, 0.05) is 13.0 Å². The van der Waals surface area contributed by atoms with Gasteiger partial charge in [-0.1, -0.05) is 143 Å². The van der Waals surface area contributed by atoms with E-state index in [1.165, 1.54) is 109 Å². The van der Waals surface area contributed by atoms with Gasteiger partial charge in [0.15, 0.2) is 0 Å². The van der Waals surface area contributed by atoms with Crippen molar-refractivity contribution in [2.75, 3.05) is 39.5 Å². The van der Waals surface area contributed by atoms with Crippen molar-refractivity contribution in [2.45, 2.75) is 214 Å². The first-order chi connectivity index (χ1) is 23.8. The van der Waals surface area contributed by atoms with Gasteiger partial charge in [-0.25, -0.2) is 0 Å². The zero-order valence-electron chi connectivity index (χ0n) is 33.6. The van der Waals surface area contributed by atoms with Crippen LogP contribution in [0.1, 0.15) is 214 Å². The minimum absolute atomic E-state index is 0.0211. The minimum Gasteiger partial charge on any atom is -0.466 e. The Morgan fingerprint density at radius 2 is 1.04 bits per heavy atom. The van der Waals surface area contributed by atoms with Crippen LogP contribution in [0.5, 0.6) is 0 Å². The van der Waals surface area contributed by atoms with Gasteiger partial charge in [-0.15, -0.1) is 0 Å². The second-order valence-electron chi connectivity index (χ2n) is 15.6. The molecule has 0 fully saturated rings. The van der Waals surface area contributed by atoms with Crippen molar-refractivity contribution < 1.29 is 24.2 Å². The normalized spacial score (nSPS) is 11.9. The van der Waals surface area contributed by atoms with Crippen LogP contribution in [0, 0.1) is 11.3 Å². The molecule has 6 nitrogen and oxygen atoms in total. The van der Waals surface area contributed by atoms with Crippen LogP contribution < -0.4 is 0 Å². The van der Waals surface area contributed by atoms with E-state index in [1.807, 2.05) is 13.8 Å². The molecule has 0 aliphatic heterocycles. The highest BCUT2D eigenvalue weighted by Crippen LogP contribution is 2.26. The number of unbranched alkanes of at least 4 members (excludes halogenated alkanes) is 16. The van der Waals surface area contributed by atoms with Gasteiger partial charge in [-0.3, -0.25) is 9.59 Å². The number of aliphatic hydroxyl groups excluding tert-OH is 1. The lowest BCUT2D eigenvalue weighted by Gasteiger charge is -2.23. The summed E-state index contributed by atoms with van der Waals surface area (Å²) in [6.45, 7) is 15.6. The zero-order chi connectivity index (χ0) is 36.3. The molecule has 0 saturated carbocycles. The Kier molecular flexibility index (Phi) is 34.5. The quantitative estimate of drug-likeness (QED) is 0.0512. The van der Waals surface area contributed by atoms with Crippen molar-refractivity contribution in [1.29, 1.82) is 0 Å². The summed E-state index contributed by atoms with van der Waals surface area (Å²) in [6.07, 6.45) is 32.2. The first-order valence-electron chi connectivity index (χ1n) is 21.5. The smallest absolute Gasteiger partial charge is 0.311 e. The number of hydrogen-bond donors (Lipinski definition) is 1. The van der Waals surface area contributed by atoms with Gasteiger partial charge in [-0.2, -0.15) is 0 Å². The lowest BCUT2D eigenvalue weighted by Crippen LogP contribution is -2.28. The molecule has 0 amide bonds. The maximum Gasteiger partial charge on any atom is 0.311 e. The molecule has 6 heteroatoms. The lowest BCUT2D eigenvalue weighted by atomic mass is 9.87. The number of nitrogens with zero attached hydrogens (tertiary/aromatic N) is 1. The number of esters is 2. The number of rotatable bonds is 38. The van der Waals surface area contributed by atoms with Gasteiger partial charge in [0.05, 0.1) is 18.6 Å². The fraction of sp³-hybridized carbons (Fsp3) is 0.953. The Labute approximate surface area is 305 Å². The molecule has 0 aromatic rings. The van der Waals surface area contributed by atoms with E-state index in [9.17, 15) is 14.7 Å². The summed E-state index contributed by atoms with van der Waals surface area (Å²) in [7, 11) is 0. The SMILES string of the molecule is CCCCCCCCCOC(=O)C(C)(C)CCCCCCN(CCCCO)CCCCCCCC(=O)OCCCCCC(CCC)CCC. The van der Waals surface area contributed by atoms with Crippen LogP contribution in [0.25, 0.3) is 0 Å². The van der Waals surface area contributed by atoms with Gasteiger partial charge in [0.25, 0.3) is 0 Å². The summed E-state index contributed by atoms with van der Waals surface area (Å²) in [4.78, 5) is 27.3. The standard InChI is InChI=1S/C43H85NO5/c1-6-9-10-11-12-18-27-39-49-42(47)43(4,5)33-22-15-17-24-35-44(36-25-26-37-45)34-23-16-13-14-21-32-41(46)48-38-28-19-20-31-40(29-7-2)30-8-3/h40,45H,6-39H2,1-5H3. The van der Waals surface area contributed by atoms with E-state index in [-0.39, 0.29) is 18.5 Å². The van der Waals surface area contributed by atoms with Gasteiger partial charge < -0.3 is 19.5 Å². The van der Waals surface area contributed by atoms with Crippen LogP contribution >= 0.6 is 0 Å². The Morgan fingerprint density at radius 1 is 0.551 bits per heavy atom. The average molecular weight is 696 g/mol. The van der Waals surface area contributed by atoms with Gasteiger partial charge in [0.1, 0.15) is 0 Å². The fourth-order valence-corrected chi connectivity index (χ4v) is 6.91. The van der Waals surface area contributed by atoms with Crippen molar-refractivity contribution in [2.24, 2.45) is 11.3 Å². The molecule has 0 rings (SSSR count). The maximum absolute atomic E-state index is 12.6. The Bertz CT molecular complexity index is 721. The van der Waals surface area contributed by atoms with Crippen LogP contribution in [-0.2, 0) is 19.1 Å². The second-order valence-corrected chi connectivity index (χ2v) is 15.6. The molecule has 292 valence electrons. The zero-order valence-corrected chi connectivity index (χ0v) is 33.6. The molecule has 1 N–H and O–H groups in total. The lowest BCUT2D eigenvalue weighted by molar-refractivity contribution is -0.154. The van der Waals surface area contributed by atoms with E-state index in [2.05, 4.69) is 25.7 Å². The molecular weight excluding hydrogens is 610 g/mol. The molecule has 0 aromatic heterocycles. The highest BCUT2D eigenvalue weighted by molar-refractivity contribution is 5.75. The van der Waals surface area contributed by atoms with Crippen LogP contribution in [0.15, 0.2) is 0 Å². The molecule has 0 saturated heterocycles. The number of ether oxygens (including phenoxy) is 2. The average Bonchev–Trinajstić information content (AvgIpc) is 3.08. The van der Waals surface area contributed by atoms with Crippen LogP contribution in [-0.4, -0.2) is 61.4 Å². The molecule has 0 bridgehead atoms. The highest BCUT2D eigenvalue weighted by atomic mass is 16.5. The largest absolute Gasteiger partial charge is 0.466 e. The summed E-state index contributed by atoms with van der Waals surface area (Å²) in [5, 5.41) is 9.25. The van der Waals surface area contributed by atoms with Crippen molar-refractivity contribution >= 4 is 11.9 Å². The molecular formula is C43H85NO5. The van der Waals surface area contributed by atoms with Crippen LogP contribution in [0.3, 0.4) is 0 Å². The molecule has 0 heterocycles. The molecule has 0 aliphatic rings. The number of carbonyl (C=O) groups excluding carboxylic acids is 2. The van der Waals surface area contributed by atoms with Crippen LogP contribution in [0.4, 0.5) is 0 Å². The van der Waals surface area contributed by atoms with Gasteiger partial charge in [0.2, 0.25) is 0 Å². The van der Waals surface area contributed by atoms with Crippen molar-refractivity contribution in [3.05, 3.63) is 0 Å². The molecule has 0 unspecified atom stereocenters. The molecule has 0 radical (unpaired) electrons. The summed E-state index contributed by atoms with van der Waals surface area (Å²) < 4.78 is 11.1. The third-order valence-electron chi connectivity index (χ3n) is 10.2. The third-order valence-corrected chi connectivity index (χ3v) is 10.2. The summed E-state index contributed by atoms with van der Waals surface area (Å²) in [6, 6.07) is 0. The number of hydrogen-bond acceptors (Lipinski definition) is 6. The first-order valence-corrected chi connectivity index (χ1v) is 21.5. The monoisotopic (exact) mass is 696 g/mol. The van der Waals surface area contributed by atoms with E-state index in [1.54, 1.807) is 0 Å². The second kappa shape index (κ2) is 35.3. The highest BCUT2D eigenvalue weighted by Gasteiger charge is 2.28. The Balaban J connectivity index is 3.96. The van der Waals surface area contributed by atoms with Crippen LogP contribution in [0.2, 0.25) is 0 Å². The maximum atomic E-state index is 12.6. The van der Waals surface area contributed by atoms with E-state index in [0.29, 0.717) is 19.6 Å². The van der Waals surface area contributed by atoms with E-state index >= 15 is 0 Å². The van der Waals surface area contributed by atoms with E-state index < -0.39 is 5.41 Å². The number of aliphatic hydroxyl groups is 1. The Hall–Kier alpha value is -1.14. The predicted molar refractivity (Wildman–Crippen MR) is 209 cm³/mol. The molecule has 0 aliphatic carbocycles. The topological polar surface area (TPSA) is 76.1 Å². The number of carbonyl (C=O) groups is 2. The van der Waals surface area contributed by atoms with Gasteiger partial charge >= 0.3 is 11.9 Å². The van der Waals surface area contributed by atoms with Crippen molar-refractivity contribution in [3.8, 4) is 0 Å². The fourth-order valence-electron chi connectivity index (χ4n) is 6.91. The molecule has 0 spiro atoms. The predicted octanol–water partition coefficient (Wildman–Crippen LogP) is 12.0. The summed E-state index contributed by atoms with van der Waals surface area (Å²) in [5.41, 5.74) is -0.399. The molecule has 0 atom stereocenters.